The van der Waals surface area contributed by atoms with Crippen LogP contribution in [-0.4, -0.2) is 38.4 Å². The van der Waals surface area contributed by atoms with Crippen LogP contribution >= 0.6 is 0 Å². The lowest BCUT2D eigenvalue weighted by molar-refractivity contribution is -0.139. The Bertz CT molecular complexity index is 912. The van der Waals surface area contributed by atoms with E-state index >= 15 is 0 Å². The monoisotopic (exact) mass is 348 g/mol. The largest absolute Gasteiger partial charge is 0.340 e. The Hall–Kier alpha value is -2.69. The fourth-order valence-corrected chi connectivity index (χ4v) is 3.86. The van der Waals surface area contributed by atoms with E-state index in [9.17, 15) is 4.79 Å². The molecule has 1 amide bonds. The Morgan fingerprint density at radius 1 is 1.19 bits per heavy atom. The third kappa shape index (κ3) is 2.77. The summed E-state index contributed by atoms with van der Waals surface area (Å²) < 4.78 is 2.15. The van der Waals surface area contributed by atoms with E-state index in [0.717, 1.165) is 42.8 Å². The van der Waals surface area contributed by atoms with Crippen LogP contribution in [0.2, 0.25) is 0 Å². The number of imidazole rings is 1. The maximum absolute atomic E-state index is 13.2. The highest BCUT2D eigenvalue weighted by molar-refractivity contribution is 5.85. The Labute approximate surface area is 153 Å². The Balaban J connectivity index is 1.58. The minimum Gasteiger partial charge on any atom is -0.340 e. The van der Waals surface area contributed by atoms with E-state index in [1.807, 2.05) is 35.4 Å². The van der Waals surface area contributed by atoms with E-state index in [-0.39, 0.29) is 11.9 Å². The minimum absolute atomic E-state index is 0.188. The molecule has 2 aromatic heterocycles. The number of para-hydroxylation sites is 2. The number of aromatic nitrogens is 3. The highest BCUT2D eigenvalue weighted by Gasteiger charge is 2.36. The summed E-state index contributed by atoms with van der Waals surface area (Å²) >= 11 is 0. The predicted octanol–water partition coefficient (Wildman–Crippen LogP) is 3.57. The highest BCUT2D eigenvalue weighted by Crippen LogP contribution is 2.31. The van der Waals surface area contributed by atoms with Gasteiger partial charge in [0.1, 0.15) is 11.9 Å². The van der Waals surface area contributed by atoms with Crippen molar-refractivity contribution in [3.05, 3.63) is 60.2 Å². The van der Waals surface area contributed by atoms with Crippen LogP contribution in [0.1, 0.15) is 43.6 Å². The molecule has 0 spiro atoms. The third-order valence-electron chi connectivity index (χ3n) is 5.32. The molecule has 1 aliphatic heterocycles. The molecule has 0 saturated carbocycles. The van der Waals surface area contributed by atoms with Crippen LogP contribution in [0.15, 0.2) is 48.8 Å². The molecule has 5 heteroatoms. The smallest absolute Gasteiger partial charge is 0.245 e. The van der Waals surface area contributed by atoms with Gasteiger partial charge in [-0.15, -0.1) is 0 Å². The van der Waals surface area contributed by atoms with Crippen molar-refractivity contribution in [2.75, 3.05) is 13.1 Å². The van der Waals surface area contributed by atoms with Crippen LogP contribution in [-0.2, 0) is 11.2 Å². The average Bonchev–Trinajstić information content (AvgIpc) is 3.01. The number of benzene rings is 1. The molecule has 1 fully saturated rings. The summed E-state index contributed by atoms with van der Waals surface area (Å²) in [5.41, 5.74) is 3.23. The molecule has 0 N–H and O–H groups in total. The van der Waals surface area contributed by atoms with Gasteiger partial charge in [0, 0.05) is 37.8 Å². The third-order valence-corrected chi connectivity index (χ3v) is 5.32. The molecular formula is C21H24N4O. The number of hydrogen-bond donors (Lipinski definition) is 0. The molecule has 0 aliphatic carbocycles. The standard InChI is InChI=1S/C21H24N4O/c1-3-18(25-19-10-6-5-9-17(19)23-20(25)4-2)21(26)24-13-16(14-24)15-8-7-11-22-12-15/h5-12,16,18H,3-4,13-14H2,1-2H3/t18-/m0/s1. The summed E-state index contributed by atoms with van der Waals surface area (Å²) in [5, 5.41) is 0. The number of carbonyl (C=O) groups is 1. The molecule has 134 valence electrons. The van der Waals surface area contributed by atoms with Crippen LogP contribution in [0, 0.1) is 0 Å². The first-order valence-electron chi connectivity index (χ1n) is 9.37. The number of amides is 1. The fourth-order valence-electron chi connectivity index (χ4n) is 3.86. The minimum atomic E-state index is -0.188. The van der Waals surface area contributed by atoms with Gasteiger partial charge < -0.3 is 9.47 Å². The predicted molar refractivity (Wildman–Crippen MR) is 102 cm³/mol. The van der Waals surface area contributed by atoms with Crippen LogP contribution in [0.3, 0.4) is 0 Å². The molecule has 3 aromatic rings. The first-order valence-corrected chi connectivity index (χ1v) is 9.37. The zero-order chi connectivity index (χ0) is 18.1. The van der Waals surface area contributed by atoms with Crippen molar-refractivity contribution >= 4 is 16.9 Å². The van der Waals surface area contributed by atoms with Gasteiger partial charge >= 0.3 is 0 Å². The number of rotatable bonds is 5. The second-order valence-corrected chi connectivity index (χ2v) is 6.89. The number of hydrogen-bond acceptors (Lipinski definition) is 3. The van der Waals surface area contributed by atoms with E-state index in [1.54, 1.807) is 6.20 Å². The number of likely N-dealkylation sites (tertiary alicyclic amines) is 1. The molecule has 1 saturated heterocycles. The van der Waals surface area contributed by atoms with Crippen molar-refractivity contribution < 1.29 is 4.79 Å². The van der Waals surface area contributed by atoms with Crippen molar-refractivity contribution in [2.24, 2.45) is 0 Å². The first-order chi connectivity index (χ1) is 12.7. The molecule has 4 rings (SSSR count). The van der Waals surface area contributed by atoms with Gasteiger partial charge in [-0.05, 0) is 30.2 Å². The van der Waals surface area contributed by atoms with Crippen molar-refractivity contribution in [3.63, 3.8) is 0 Å². The van der Waals surface area contributed by atoms with Crippen molar-refractivity contribution in [2.45, 2.75) is 38.6 Å². The molecule has 0 unspecified atom stereocenters. The van der Waals surface area contributed by atoms with Gasteiger partial charge in [0.2, 0.25) is 5.91 Å². The number of aryl methyl sites for hydroxylation is 1. The number of nitrogens with zero attached hydrogens (tertiary/aromatic N) is 4. The van der Waals surface area contributed by atoms with Gasteiger partial charge in [-0.2, -0.15) is 0 Å². The summed E-state index contributed by atoms with van der Waals surface area (Å²) in [6.07, 6.45) is 5.27. The lowest BCUT2D eigenvalue weighted by Crippen LogP contribution is -2.51. The second kappa shape index (κ2) is 6.90. The van der Waals surface area contributed by atoms with Crippen molar-refractivity contribution in [3.8, 4) is 0 Å². The maximum atomic E-state index is 13.2. The molecule has 1 aromatic carbocycles. The molecule has 3 heterocycles. The first kappa shape index (κ1) is 16.8. The molecule has 26 heavy (non-hydrogen) atoms. The van der Waals surface area contributed by atoms with E-state index in [1.165, 1.54) is 5.56 Å². The van der Waals surface area contributed by atoms with E-state index < -0.39 is 0 Å². The van der Waals surface area contributed by atoms with Crippen LogP contribution < -0.4 is 0 Å². The summed E-state index contributed by atoms with van der Waals surface area (Å²) in [4.78, 5) is 24.1. The maximum Gasteiger partial charge on any atom is 0.245 e. The van der Waals surface area contributed by atoms with E-state index in [4.69, 9.17) is 4.98 Å². The zero-order valence-corrected chi connectivity index (χ0v) is 15.3. The Morgan fingerprint density at radius 3 is 2.69 bits per heavy atom. The fraction of sp³-hybridized carbons (Fsp3) is 0.381. The lowest BCUT2D eigenvalue weighted by atomic mass is 9.92. The number of fused-ring (bicyclic) bond motifs is 1. The van der Waals surface area contributed by atoms with E-state index in [2.05, 4.69) is 35.5 Å². The summed E-state index contributed by atoms with van der Waals surface area (Å²) in [6.45, 7) is 5.72. The molecule has 0 radical (unpaired) electrons. The normalized spacial score (nSPS) is 15.8. The second-order valence-electron chi connectivity index (χ2n) is 6.89. The van der Waals surface area contributed by atoms with Gasteiger partial charge in [-0.25, -0.2) is 4.98 Å². The molecule has 1 aliphatic rings. The van der Waals surface area contributed by atoms with Gasteiger partial charge in [-0.1, -0.05) is 32.0 Å². The lowest BCUT2D eigenvalue weighted by Gasteiger charge is -2.41. The van der Waals surface area contributed by atoms with Crippen LogP contribution in [0.4, 0.5) is 0 Å². The zero-order valence-electron chi connectivity index (χ0n) is 15.3. The molecule has 5 nitrogen and oxygen atoms in total. The van der Waals surface area contributed by atoms with Gasteiger partial charge in [0.25, 0.3) is 0 Å². The molecule has 0 bridgehead atoms. The molecule has 1 atom stereocenters. The topological polar surface area (TPSA) is 51.0 Å². The Kier molecular flexibility index (Phi) is 4.45. The van der Waals surface area contributed by atoms with Crippen LogP contribution in [0.5, 0.6) is 0 Å². The summed E-state index contributed by atoms with van der Waals surface area (Å²) in [7, 11) is 0. The number of pyridine rings is 1. The quantitative estimate of drug-likeness (QED) is 0.708. The molecular weight excluding hydrogens is 324 g/mol. The summed E-state index contributed by atoms with van der Waals surface area (Å²) in [5.74, 6) is 1.58. The Morgan fingerprint density at radius 2 is 2.00 bits per heavy atom. The van der Waals surface area contributed by atoms with E-state index in [0.29, 0.717) is 5.92 Å². The van der Waals surface area contributed by atoms with Gasteiger partial charge in [0.05, 0.1) is 11.0 Å². The van der Waals surface area contributed by atoms with Gasteiger partial charge in [-0.3, -0.25) is 9.78 Å². The van der Waals surface area contributed by atoms with Crippen molar-refractivity contribution in [1.29, 1.82) is 0 Å². The summed E-state index contributed by atoms with van der Waals surface area (Å²) in [6, 6.07) is 12.0. The SMILES string of the molecule is CCc1nc2ccccc2n1[C@@H](CC)C(=O)N1CC(c2cccnc2)C1. The van der Waals surface area contributed by atoms with Crippen LogP contribution in [0.25, 0.3) is 11.0 Å². The average molecular weight is 348 g/mol. The number of carbonyl (C=O) groups excluding carboxylic acids is 1. The highest BCUT2D eigenvalue weighted by atomic mass is 16.2. The van der Waals surface area contributed by atoms with Crippen molar-refractivity contribution in [1.82, 2.24) is 19.4 Å². The van der Waals surface area contributed by atoms with Gasteiger partial charge in [0.15, 0.2) is 0 Å².